The third-order valence-corrected chi connectivity index (χ3v) is 5.07. The van der Waals surface area contributed by atoms with Gasteiger partial charge in [-0.05, 0) is 45.7 Å². The lowest BCUT2D eigenvalue weighted by Gasteiger charge is -2.41. The number of benzene rings is 1. The molecule has 1 aliphatic rings. The smallest absolute Gasteiger partial charge is 0.433 e. The van der Waals surface area contributed by atoms with Crippen LogP contribution in [0.2, 0.25) is 0 Å². The molecule has 0 atom stereocenters. The number of nitrogens with zero attached hydrogens (tertiary/aromatic N) is 3. The van der Waals surface area contributed by atoms with Gasteiger partial charge in [0, 0.05) is 25.2 Å². The van der Waals surface area contributed by atoms with E-state index >= 15 is 0 Å². The van der Waals surface area contributed by atoms with Crippen molar-refractivity contribution in [2.24, 2.45) is 0 Å². The molecule has 2 heterocycles. The Morgan fingerprint density at radius 1 is 1.18 bits per heavy atom. The van der Waals surface area contributed by atoms with Gasteiger partial charge in [0.2, 0.25) is 11.8 Å². The van der Waals surface area contributed by atoms with Crippen molar-refractivity contribution in [1.29, 1.82) is 0 Å². The predicted octanol–water partition coefficient (Wildman–Crippen LogP) is 4.28. The Morgan fingerprint density at radius 3 is 2.41 bits per heavy atom. The van der Waals surface area contributed by atoms with Crippen LogP contribution in [0, 0.1) is 5.82 Å². The van der Waals surface area contributed by atoms with Gasteiger partial charge in [0.25, 0.3) is 0 Å². The zero-order valence-electron chi connectivity index (χ0n) is 18.9. The average molecular weight is 486 g/mol. The number of halogens is 4. The van der Waals surface area contributed by atoms with Crippen LogP contribution >= 0.6 is 0 Å². The van der Waals surface area contributed by atoms with Gasteiger partial charge in [-0.1, -0.05) is 6.07 Å². The molecule has 0 spiro atoms. The first-order chi connectivity index (χ1) is 15.8. The van der Waals surface area contributed by atoms with Crippen molar-refractivity contribution in [3.05, 3.63) is 41.8 Å². The third kappa shape index (κ3) is 6.69. The van der Waals surface area contributed by atoms with Gasteiger partial charge in [0.1, 0.15) is 17.2 Å². The summed E-state index contributed by atoms with van der Waals surface area (Å²) in [4.78, 5) is 21.4. The third-order valence-electron chi connectivity index (χ3n) is 5.07. The minimum atomic E-state index is -4.76. The normalized spacial score (nSPS) is 16.2. The Morgan fingerprint density at radius 2 is 1.85 bits per heavy atom. The predicted molar refractivity (Wildman–Crippen MR) is 114 cm³/mol. The number of aromatic nitrogens is 2. The molecule has 0 radical (unpaired) electrons. The van der Waals surface area contributed by atoms with Crippen molar-refractivity contribution >= 4 is 12.0 Å². The zero-order chi connectivity index (χ0) is 25.1. The van der Waals surface area contributed by atoms with Crippen LogP contribution in [0.25, 0.3) is 0 Å². The van der Waals surface area contributed by atoms with Gasteiger partial charge in [-0.3, -0.25) is 0 Å². The zero-order valence-corrected chi connectivity index (χ0v) is 18.9. The second-order valence-electron chi connectivity index (χ2n) is 9.00. The fourth-order valence-electron chi connectivity index (χ4n) is 3.38. The van der Waals surface area contributed by atoms with E-state index in [-0.39, 0.29) is 44.2 Å². The Labute approximate surface area is 193 Å². The maximum absolute atomic E-state index is 13.5. The van der Waals surface area contributed by atoms with Crippen molar-refractivity contribution in [2.75, 3.05) is 24.6 Å². The summed E-state index contributed by atoms with van der Waals surface area (Å²) in [5, 5.41) is 12.6. The van der Waals surface area contributed by atoms with Crippen LogP contribution in [0.4, 0.5) is 28.3 Å². The fourth-order valence-corrected chi connectivity index (χ4v) is 3.38. The summed E-state index contributed by atoms with van der Waals surface area (Å²) in [6.07, 6.45) is -5.04. The van der Waals surface area contributed by atoms with Crippen LogP contribution in [0.15, 0.2) is 30.3 Å². The van der Waals surface area contributed by atoms with E-state index in [1.54, 1.807) is 20.8 Å². The number of anilines is 1. The van der Waals surface area contributed by atoms with E-state index in [4.69, 9.17) is 9.47 Å². The molecule has 1 aromatic heterocycles. The van der Waals surface area contributed by atoms with E-state index in [1.165, 1.54) is 23.1 Å². The van der Waals surface area contributed by atoms with E-state index in [9.17, 15) is 27.5 Å². The standard InChI is InChI=1S/C22H26F4N4O4/c1-20(2,3)34-19(32)29-21(13-31)7-9-30(10-8-21)18-27-16(22(24,25)26)12-17(28-18)33-15-6-4-5-14(23)11-15/h4-6,11-12,31H,7-10,13H2,1-3H3,(H,29,32). The van der Waals surface area contributed by atoms with Crippen molar-refractivity contribution in [3.8, 4) is 11.6 Å². The Balaban J connectivity index is 1.79. The topological polar surface area (TPSA) is 96.8 Å². The molecule has 8 nitrogen and oxygen atoms in total. The summed E-state index contributed by atoms with van der Waals surface area (Å²) >= 11 is 0. The first kappa shape index (κ1) is 25.5. The van der Waals surface area contributed by atoms with Crippen LogP contribution in [-0.4, -0.2) is 52.0 Å². The molecule has 0 unspecified atom stereocenters. The molecule has 0 aliphatic carbocycles. The average Bonchev–Trinajstić information content (AvgIpc) is 2.72. The Bertz CT molecular complexity index is 1020. The first-order valence-electron chi connectivity index (χ1n) is 10.6. The van der Waals surface area contributed by atoms with Gasteiger partial charge in [-0.2, -0.15) is 18.2 Å². The number of aliphatic hydroxyl groups excluding tert-OH is 1. The van der Waals surface area contributed by atoms with Crippen molar-refractivity contribution in [3.63, 3.8) is 0 Å². The minimum Gasteiger partial charge on any atom is -0.444 e. The molecule has 1 saturated heterocycles. The number of hydrogen-bond acceptors (Lipinski definition) is 7. The number of hydrogen-bond donors (Lipinski definition) is 2. The van der Waals surface area contributed by atoms with Crippen LogP contribution in [-0.2, 0) is 10.9 Å². The number of carbonyl (C=O) groups is 1. The van der Waals surface area contributed by atoms with Crippen molar-refractivity contribution in [1.82, 2.24) is 15.3 Å². The molecule has 1 fully saturated rings. The summed E-state index contributed by atoms with van der Waals surface area (Å²) < 4.78 is 64.4. The van der Waals surface area contributed by atoms with Crippen LogP contribution in [0.3, 0.4) is 0 Å². The second-order valence-corrected chi connectivity index (χ2v) is 9.00. The maximum atomic E-state index is 13.5. The summed E-state index contributed by atoms with van der Waals surface area (Å²) in [6.45, 7) is 5.03. The summed E-state index contributed by atoms with van der Waals surface area (Å²) in [7, 11) is 0. The molecule has 186 valence electrons. The lowest BCUT2D eigenvalue weighted by atomic mass is 9.88. The van der Waals surface area contributed by atoms with Gasteiger partial charge in [0.15, 0.2) is 5.69 Å². The van der Waals surface area contributed by atoms with Crippen molar-refractivity contribution in [2.45, 2.75) is 50.9 Å². The van der Waals surface area contributed by atoms with E-state index < -0.39 is 40.8 Å². The molecular weight excluding hydrogens is 460 g/mol. The molecule has 3 rings (SSSR count). The molecule has 0 bridgehead atoms. The van der Waals surface area contributed by atoms with E-state index in [0.717, 1.165) is 6.07 Å². The number of amides is 1. The molecule has 1 amide bonds. The Hall–Kier alpha value is -3.15. The second kappa shape index (κ2) is 9.61. The summed E-state index contributed by atoms with van der Waals surface area (Å²) in [6, 6.07) is 5.57. The highest BCUT2D eigenvalue weighted by Crippen LogP contribution is 2.34. The molecule has 1 aromatic carbocycles. The lowest BCUT2D eigenvalue weighted by molar-refractivity contribution is -0.141. The van der Waals surface area contributed by atoms with E-state index in [1.807, 2.05) is 0 Å². The molecule has 1 aliphatic heterocycles. The van der Waals surface area contributed by atoms with Gasteiger partial charge in [-0.15, -0.1) is 0 Å². The number of nitrogens with one attached hydrogen (secondary N) is 1. The molecule has 2 N–H and O–H groups in total. The highest BCUT2D eigenvalue weighted by atomic mass is 19.4. The molecule has 12 heteroatoms. The number of ether oxygens (including phenoxy) is 2. The monoisotopic (exact) mass is 486 g/mol. The first-order valence-corrected chi connectivity index (χ1v) is 10.6. The van der Waals surface area contributed by atoms with Crippen LogP contribution < -0.4 is 15.0 Å². The molecule has 2 aromatic rings. The van der Waals surface area contributed by atoms with Gasteiger partial charge < -0.3 is 24.8 Å². The maximum Gasteiger partial charge on any atom is 0.433 e. The number of alkyl halides is 3. The number of piperidine rings is 1. The molecule has 34 heavy (non-hydrogen) atoms. The van der Waals surface area contributed by atoms with Crippen LogP contribution in [0.5, 0.6) is 11.6 Å². The number of carbonyl (C=O) groups excluding carboxylic acids is 1. The van der Waals surface area contributed by atoms with Gasteiger partial charge in [-0.25, -0.2) is 14.2 Å². The van der Waals surface area contributed by atoms with E-state index in [2.05, 4.69) is 15.3 Å². The highest BCUT2D eigenvalue weighted by Gasteiger charge is 2.39. The molecular formula is C22H26F4N4O4. The summed E-state index contributed by atoms with van der Waals surface area (Å²) in [5.41, 5.74) is -2.94. The number of rotatable bonds is 5. The largest absolute Gasteiger partial charge is 0.444 e. The minimum absolute atomic E-state index is 0.0164. The summed E-state index contributed by atoms with van der Waals surface area (Å²) in [5.74, 6) is -1.26. The van der Waals surface area contributed by atoms with Gasteiger partial charge >= 0.3 is 12.3 Å². The Kier molecular flexibility index (Phi) is 7.20. The highest BCUT2D eigenvalue weighted by molar-refractivity contribution is 5.69. The van der Waals surface area contributed by atoms with Crippen LogP contribution in [0.1, 0.15) is 39.3 Å². The molecule has 0 saturated carbocycles. The van der Waals surface area contributed by atoms with E-state index in [0.29, 0.717) is 6.07 Å². The number of aliphatic hydroxyl groups is 1. The quantitative estimate of drug-likeness (QED) is 0.609. The fraction of sp³-hybridized carbons (Fsp3) is 0.500. The van der Waals surface area contributed by atoms with Crippen molar-refractivity contribution < 1.29 is 36.9 Å². The SMILES string of the molecule is CC(C)(C)OC(=O)NC1(CO)CCN(c2nc(Oc3cccc(F)c3)cc(C(F)(F)F)n2)CC1. The lowest BCUT2D eigenvalue weighted by Crippen LogP contribution is -2.58. The number of alkyl carbamates (subject to hydrolysis) is 1. The van der Waals surface area contributed by atoms with Gasteiger partial charge in [0.05, 0.1) is 12.1 Å².